The summed E-state index contributed by atoms with van der Waals surface area (Å²) in [6, 6.07) is 7.90. The van der Waals surface area contributed by atoms with Crippen LogP contribution in [0.15, 0.2) is 30.3 Å². The Morgan fingerprint density at radius 2 is 1.81 bits per heavy atom. The van der Waals surface area contributed by atoms with Crippen molar-refractivity contribution in [3.05, 3.63) is 35.9 Å². The molecule has 26 heavy (non-hydrogen) atoms. The number of carbonyl (C=O) groups is 2. The van der Waals surface area contributed by atoms with Crippen LogP contribution in [0.1, 0.15) is 38.9 Å². The summed E-state index contributed by atoms with van der Waals surface area (Å²) in [5, 5.41) is 12.1. The average Bonchev–Trinajstić information content (AvgIpc) is 2.54. The fraction of sp³-hybridized carbons (Fsp3) is 0.500. The number of nitrogens with one attached hydrogen (secondary N) is 1. The minimum Gasteiger partial charge on any atom is -0.480 e. The molecule has 142 valence electrons. The molecule has 1 aromatic rings. The molecule has 0 aliphatic carbocycles. The van der Waals surface area contributed by atoms with Crippen LogP contribution in [0.5, 0.6) is 0 Å². The van der Waals surface area contributed by atoms with Crippen molar-refractivity contribution >= 4 is 20.0 Å². The number of aliphatic carboxylic acids is 1. The van der Waals surface area contributed by atoms with E-state index in [1.165, 1.54) is 7.11 Å². The van der Waals surface area contributed by atoms with Gasteiger partial charge < -0.3 is 15.2 Å². The molecule has 1 amide bonds. The van der Waals surface area contributed by atoms with Gasteiger partial charge in [0.05, 0.1) is 0 Å². The number of carboxylic acid groups (broad SMARTS) is 1. The molecule has 0 unspecified atom stereocenters. The zero-order chi connectivity index (χ0) is 20.0. The van der Waals surface area contributed by atoms with E-state index in [1.807, 2.05) is 6.07 Å². The first-order valence-corrected chi connectivity index (χ1v) is 11.6. The summed E-state index contributed by atoms with van der Waals surface area (Å²) >= 11 is 0. The molecule has 0 fully saturated rings. The third kappa shape index (κ3) is 6.01. The van der Waals surface area contributed by atoms with Crippen LogP contribution >= 0.6 is 0 Å². The third-order valence-electron chi connectivity index (χ3n) is 4.77. The van der Waals surface area contributed by atoms with Gasteiger partial charge in [0.1, 0.15) is 14.1 Å². The highest BCUT2D eigenvalue weighted by molar-refractivity contribution is 6.87. The topological polar surface area (TPSA) is 75.6 Å². The van der Waals surface area contributed by atoms with Gasteiger partial charge in [-0.25, -0.2) is 4.79 Å². The number of carboxylic acids is 1. The SMILES string of the molecule is CO[C@H](C(=O)N[C@@H](CC#C[Si](C)(C)C(C)(C)C)C(=O)O)c1ccccc1. The van der Waals surface area contributed by atoms with Crippen molar-refractivity contribution in [2.75, 3.05) is 7.11 Å². The number of amides is 1. The van der Waals surface area contributed by atoms with Crippen molar-refractivity contribution in [1.29, 1.82) is 0 Å². The number of rotatable bonds is 6. The van der Waals surface area contributed by atoms with Crippen LogP contribution in [0.25, 0.3) is 0 Å². The third-order valence-corrected chi connectivity index (χ3v) is 9.32. The van der Waals surface area contributed by atoms with E-state index in [4.69, 9.17) is 4.74 Å². The minimum atomic E-state index is -1.82. The molecule has 0 aliphatic rings. The lowest BCUT2D eigenvalue weighted by Gasteiger charge is -2.31. The number of carbonyl (C=O) groups excluding carboxylic acids is 1. The van der Waals surface area contributed by atoms with E-state index in [9.17, 15) is 14.7 Å². The van der Waals surface area contributed by atoms with E-state index < -0.39 is 32.1 Å². The molecule has 0 saturated heterocycles. The molecule has 0 aliphatic heterocycles. The van der Waals surface area contributed by atoms with Crippen molar-refractivity contribution in [2.24, 2.45) is 0 Å². The first-order chi connectivity index (χ1) is 12.0. The molecule has 1 aromatic carbocycles. The lowest BCUT2D eigenvalue weighted by atomic mass is 10.1. The maximum absolute atomic E-state index is 12.5. The van der Waals surface area contributed by atoms with Crippen LogP contribution in [0.4, 0.5) is 0 Å². The smallest absolute Gasteiger partial charge is 0.327 e. The first-order valence-electron chi connectivity index (χ1n) is 8.60. The second-order valence-electron chi connectivity index (χ2n) is 7.81. The van der Waals surface area contributed by atoms with Crippen LogP contribution in [0.3, 0.4) is 0 Å². The number of ether oxygens (including phenoxy) is 1. The van der Waals surface area contributed by atoms with Crippen molar-refractivity contribution in [1.82, 2.24) is 5.32 Å². The van der Waals surface area contributed by atoms with E-state index in [0.29, 0.717) is 5.56 Å². The molecule has 2 N–H and O–H groups in total. The number of methoxy groups -OCH3 is 1. The van der Waals surface area contributed by atoms with Gasteiger partial charge in [0.25, 0.3) is 5.91 Å². The standard InChI is InChI=1S/C20H29NO4Si/c1-20(2,3)26(5,6)14-10-13-16(19(23)24)21-18(22)17(25-4)15-11-8-7-9-12-15/h7-9,11-12,16-17H,13H2,1-6H3,(H,21,22)(H,23,24)/t16-,17-/m0/s1. The molecule has 0 saturated carbocycles. The van der Waals surface area contributed by atoms with Gasteiger partial charge in [0.15, 0.2) is 6.10 Å². The molecule has 6 heteroatoms. The molecule has 0 aromatic heterocycles. The minimum absolute atomic E-state index is 0.0683. The monoisotopic (exact) mass is 375 g/mol. The van der Waals surface area contributed by atoms with Gasteiger partial charge in [0, 0.05) is 13.5 Å². The van der Waals surface area contributed by atoms with E-state index in [-0.39, 0.29) is 11.5 Å². The van der Waals surface area contributed by atoms with E-state index in [1.54, 1.807) is 24.3 Å². The van der Waals surface area contributed by atoms with Crippen molar-refractivity contribution < 1.29 is 19.4 Å². The van der Waals surface area contributed by atoms with Gasteiger partial charge in [-0.05, 0) is 10.6 Å². The molecule has 0 spiro atoms. The van der Waals surface area contributed by atoms with E-state index in [0.717, 1.165) is 0 Å². The van der Waals surface area contributed by atoms with Gasteiger partial charge in [-0.15, -0.1) is 11.5 Å². The number of benzene rings is 1. The zero-order valence-corrected chi connectivity index (χ0v) is 17.4. The van der Waals surface area contributed by atoms with Crippen LogP contribution in [0, 0.1) is 11.5 Å². The lowest BCUT2D eigenvalue weighted by molar-refractivity contribution is -0.143. The second-order valence-corrected chi connectivity index (χ2v) is 12.8. The Morgan fingerprint density at radius 3 is 2.27 bits per heavy atom. The second kappa shape index (κ2) is 9.02. The summed E-state index contributed by atoms with van der Waals surface area (Å²) < 4.78 is 5.25. The summed E-state index contributed by atoms with van der Waals surface area (Å²) in [5.41, 5.74) is 3.95. The molecule has 1 rings (SSSR count). The molecule has 0 radical (unpaired) electrons. The van der Waals surface area contributed by atoms with Gasteiger partial charge in [-0.3, -0.25) is 4.79 Å². The summed E-state index contributed by atoms with van der Waals surface area (Å²) in [7, 11) is -0.398. The highest BCUT2D eigenvalue weighted by atomic mass is 28.3. The fourth-order valence-corrected chi connectivity index (χ4v) is 2.95. The summed E-state index contributed by atoms with van der Waals surface area (Å²) in [6.45, 7) is 10.8. The van der Waals surface area contributed by atoms with Crippen LogP contribution in [-0.2, 0) is 14.3 Å². The Labute approximate surface area is 157 Å². The molecular weight excluding hydrogens is 346 g/mol. The van der Waals surface area contributed by atoms with Gasteiger partial charge in [-0.1, -0.05) is 64.2 Å². The maximum atomic E-state index is 12.5. The number of hydrogen-bond donors (Lipinski definition) is 2. The normalized spacial score (nSPS) is 13.9. The lowest BCUT2D eigenvalue weighted by Crippen LogP contribution is -2.43. The molecule has 0 heterocycles. The van der Waals surface area contributed by atoms with E-state index in [2.05, 4.69) is 50.6 Å². The Bertz CT molecular complexity index is 683. The fourth-order valence-electron chi connectivity index (χ4n) is 2.03. The Hall–Kier alpha value is -2.10. The quantitative estimate of drug-likeness (QED) is 0.590. The van der Waals surface area contributed by atoms with E-state index >= 15 is 0 Å². The first kappa shape index (κ1) is 21.9. The molecule has 2 atom stereocenters. The Kier molecular flexibility index (Phi) is 7.61. The summed E-state index contributed by atoms with van der Waals surface area (Å²) in [6.07, 6.45) is -0.787. The van der Waals surface area contributed by atoms with Gasteiger partial charge >= 0.3 is 5.97 Å². The largest absolute Gasteiger partial charge is 0.480 e. The molecule has 5 nitrogen and oxygen atoms in total. The summed E-state index contributed by atoms with van der Waals surface area (Å²) in [5.74, 6) is 1.40. The highest BCUT2D eigenvalue weighted by Crippen LogP contribution is 2.35. The van der Waals surface area contributed by atoms with Crippen molar-refractivity contribution in [3.8, 4) is 11.5 Å². The number of hydrogen-bond acceptors (Lipinski definition) is 3. The van der Waals surface area contributed by atoms with Crippen molar-refractivity contribution in [3.63, 3.8) is 0 Å². The maximum Gasteiger partial charge on any atom is 0.327 e. The predicted octanol–water partition coefficient (Wildman–Crippen LogP) is 3.38. The predicted molar refractivity (Wildman–Crippen MR) is 105 cm³/mol. The van der Waals surface area contributed by atoms with Crippen LogP contribution in [-0.4, -0.2) is 38.2 Å². The Morgan fingerprint density at radius 1 is 1.23 bits per heavy atom. The molecule has 0 bridgehead atoms. The van der Waals surface area contributed by atoms with Crippen LogP contribution in [0.2, 0.25) is 18.1 Å². The highest BCUT2D eigenvalue weighted by Gasteiger charge is 2.33. The summed E-state index contributed by atoms with van der Waals surface area (Å²) in [4.78, 5) is 24.0. The average molecular weight is 376 g/mol. The molecular formula is C20H29NO4Si. The van der Waals surface area contributed by atoms with Crippen molar-refractivity contribution in [2.45, 2.75) is 57.5 Å². The van der Waals surface area contributed by atoms with Gasteiger partial charge in [-0.2, -0.15) is 0 Å². The van der Waals surface area contributed by atoms with Crippen LogP contribution < -0.4 is 5.32 Å². The zero-order valence-electron chi connectivity index (χ0n) is 16.4. The Balaban J connectivity index is 2.86. The van der Waals surface area contributed by atoms with Gasteiger partial charge in [0.2, 0.25) is 0 Å².